The van der Waals surface area contributed by atoms with Gasteiger partial charge in [-0.3, -0.25) is 4.98 Å². The summed E-state index contributed by atoms with van der Waals surface area (Å²) in [4.78, 5) is 6.13. The molecule has 0 saturated carbocycles. The number of aromatic nitrogens is 1. The quantitative estimate of drug-likeness (QED) is 0.716. The zero-order chi connectivity index (χ0) is 13.8. The lowest BCUT2D eigenvalue weighted by molar-refractivity contribution is 1.03. The van der Waals surface area contributed by atoms with Crippen LogP contribution in [-0.4, -0.2) is 4.98 Å². The number of hydrogen-bond donors (Lipinski definition) is 0. The molecular weight excluding hydrogens is 236 g/mol. The molecule has 1 aliphatic rings. The standard InChI is InChI=1S/C15H12N4/c1-11-6-13(14(8-16)9-17)7-12(2)19(11)15-4-3-5-18-10-15/h3-7,10H,1-2H3. The molecule has 4 nitrogen and oxygen atoms in total. The van der Waals surface area contributed by atoms with Crippen LogP contribution in [0.2, 0.25) is 0 Å². The third-order valence-electron chi connectivity index (χ3n) is 2.85. The minimum Gasteiger partial charge on any atom is -0.317 e. The van der Waals surface area contributed by atoms with Crippen LogP contribution in [0.5, 0.6) is 0 Å². The van der Waals surface area contributed by atoms with Crippen molar-refractivity contribution in [1.29, 1.82) is 10.5 Å². The number of nitrogens with zero attached hydrogens (tertiary/aromatic N) is 4. The molecule has 19 heavy (non-hydrogen) atoms. The Balaban J connectivity index is 2.49. The van der Waals surface area contributed by atoms with Gasteiger partial charge in [0.15, 0.2) is 0 Å². The largest absolute Gasteiger partial charge is 0.317 e. The smallest absolute Gasteiger partial charge is 0.137 e. The molecule has 0 aliphatic carbocycles. The molecule has 0 bridgehead atoms. The fourth-order valence-electron chi connectivity index (χ4n) is 2.09. The van der Waals surface area contributed by atoms with Crippen molar-refractivity contribution in [3.63, 3.8) is 0 Å². The van der Waals surface area contributed by atoms with Crippen molar-refractivity contribution in [2.75, 3.05) is 4.90 Å². The molecule has 0 N–H and O–H groups in total. The van der Waals surface area contributed by atoms with Gasteiger partial charge in [0.2, 0.25) is 0 Å². The third-order valence-corrected chi connectivity index (χ3v) is 2.85. The van der Waals surface area contributed by atoms with E-state index in [2.05, 4.69) is 4.98 Å². The molecule has 0 radical (unpaired) electrons. The molecule has 0 amide bonds. The van der Waals surface area contributed by atoms with Gasteiger partial charge in [-0.05, 0) is 38.1 Å². The van der Waals surface area contributed by atoms with E-state index in [1.165, 1.54) is 0 Å². The fourth-order valence-corrected chi connectivity index (χ4v) is 2.09. The van der Waals surface area contributed by atoms with Gasteiger partial charge in [0, 0.05) is 23.2 Å². The summed E-state index contributed by atoms with van der Waals surface area (Å²) in [6.45, 7) is 3.88. The van der Waals surface area contributed by atoms with E-state index in [0.29, 0.717) is 5.57 Å². The summed E-state index contributed by atoms with van der Waals surface area (Å²) in [6, 6.07) is 7.67. The van der Waals surface area contributed by atoms with E-state index >= 15 is 0 Å². The van der Waals surface area contributed by atoms with E-state index in [1.54, 1.807) is 12.4 Å². The van der Waals surface area contributed by atoms with Crippen LogP contribution in [0.1, 0.15) is 13.8 Å². The summed E-state index contributed by atoms with van der Waals surface area (Å²) in [5.41, 5.74) is 3.64. The van der Waals surface area contributed by atoms with Gasteiger partial charge in [-0.1, -0.05) is 0 Å². The summed E-state index contributed by atoms with van der Waals surface area (Å²) in [6.07, 6.45) is 7.17. The monoisotopic (exact) mass is 248 g/mol. The maximum Gasteiger partial charge on any atom is 0.137 e. The zero-order valence-electron chi connectivity index (χ0n) is 10.8. The van der Waals surface area contributed by atoms with Gasteiger partial charge in [-0.25, -0.2) is 0 Å². The predicted octanol–water partition coefficient (Wildman–Crippen LogP) is 3.05. The molecular formula is C15H12N4. The lowest BCUT2D eigenvalue weighted by Crippen LogP contribution is -2.21. The first kappa shape index (κ1) is 12.6. The normalized spacial score (nSPS) is 14.1. The second kappa shape index (κ2) is 5.20. The molecule has 0 fully saturated rings. The predicted molar refractivity (Wildman–Crippen MR) is 72.5 cm³/mol. The van der Waals surface area contributed by atoms with Crippen molar-refractivity contribution < 1.29 is 0 Å². The van der Waals surface area contributed by atoms with Crippen LogP contribution in [0.15, 0.2) is 59.2 Å². The zero-order valence-corrected chi connectivity index (χ0v) is 10.8. The van der Waals surface area contributed by atoms with Crippen LogP contribution in [0.25, 0.3) is 0 Å². The Morgan fingerprint density at radius 2 is 1.79 bits per heavy atom. The van der Waals surface area contributed by atoms with Crippen LogP contribution in [0.4, 0.5) is 5.69 Å². The molecule has 2 rings (SSSR count). The molecule has 0 spiro atoms. The lowest BCUT2D eigenvalue weighted by Gasteiger charge is -2.29. The molecule has 1 aromatic heterocycles. The van der Waals surface area contributed by atoms with E-state index in [4.69, 9.17) is 10.5 Å². The number of nitriles is 2. The fraction of sp³-hybridized carbons (Fsp3) is 0.133. The van der Waals surface area contributed by atoms with Crippen LogP contribution >= 0.6 is 0 Å². The minimum atomic E-state index is 0.129. The van der Waals surface area contributed by atoms with Gasteiger partial charge >= 0.3 is 0 Å². The topological polar surface area (TPSA) is 63.7 Å². The number of anilines is 1. The highest BCUT2D eigenvalue weighted by Gasteiger charge is 2.17. The van der Waals surface area contributed by atoms with Crippen LogP contribution in [-0.2, 0) is 0 Å². The SMILES string of the molecule is CC1=CC(=C(C#N)C#N)C=C(C)N1c1cccnc1. The molecule has 0 saturated heterocycles. The lowest BCUT2D eigenvalue weighted by atomic mass is 10.0. The van der Waals surface area contributed by atoms with E-state index in [0.717, 1.165) is 17.1 Å². The van der Waals surface area contributed by atoms with E-state index in [1.807, 2.05) is 55.2 Å². The van der Waals surface area contributed by atoms with Crippen LogP contribution in [0, 0.1) is 22.7 Å². The van der Waals surface area contributed by atoms with Crippen molar-refractivity contribution in [3.05, 3.63) is 59.2 Å². The van der Waals surface area contributed by atoms with Gasteiger partial charge in [0.05, 0.1) is 11.9 Å². The van der Waals surface area contributed by atoms with Crippen molar-refractivity contribution in [3.8, 4) is 12.1 Å². The molecule has 2 heterocycles. The summed E-state index contributed by atoms with van der Waals surface area (Å²) >= 11 is 0. The van der Waals surface area contributed by atoms with E-state index in [-0.39, 0.29) is 5.57 Å². The molecule has 0 unspecified atom stereocenters. The highest BCUT2D eigenvalue weighted by atomic mass is 15.2. The Morgan fingerprint density at radius 3 is 2.26 bits per heavy atom. The first-order valence-electron chi connectivity index (χ1n) is 5.78. The number of hydrogen-bond acceptors (Lipinski definition) is 4. The molecule has 0 atom stereocenters. The summed E-state index contributed by atoms with van der Waals surface area (Å²) < 4.78 is 0. The minimum absolute atomic E-state index is 0.129. The number of allylic oxidation sites excluding steroid dienone is 6. The summed E-state index contributed by atoms with van der Waals surface area (Å²) in [5.74, 6) is 0. The Hall–Kier alpha value is -2.85. The van der Waals surface area contributed by atoms with Crippen molar-refractivity contribution >= 4 is 5.69 Å². The molecule has 1 aromatic rings. The van der Waals surface area contributed by atoms with Crippen molar-refractivity contribution in [2.24, 2.45) is 0 Å². The van der Waals surface area contributed by atoms with E-state index in [9.17, 15) is 0 Å². The van der Waals surface area contributed by atoms with Gasteiger partial charge in [-0.15, -0.1) is 0 Å². The average Bonchev–Trinajstić information content (AvgIpc) is 2.40. The second-order valence-corrected chi connectivity index (χ2v) is 4.17. The van der Waals surface area contributed by atoms with Gasteiger partial charge in [-0.2, -0.15) is 10.5 Å². The van der Waals surface area contributed by atoms with Crippen LogP contribution < -0.4 is 4.90 Å². The van der Waals surface area contributed by atoms with Crippen molar-refractivity contribution in [1.82, 2.24) is 4.98 Å². The van der Waals surface area contributed by atoms with Crippen molar-refractivity contribution in [2.45, 2.75) is 13.8 Å². The maximum absolute atomic E-state index is 8.92. The Labute approximate surface area is 112 Å². The maximum atomic E-state index is 8.92. The van der Waals surface area contributed by atoms with Crippen LogP contribution in [0.3, 0.4) is 0 Å². The number of pyridine rings is 1. The Bertz CT molecular complexity index is 628. The van der Waals surface area contributed by atoms with Gasteiger partial charge in [0.25, 0.3) is 0 Å². The molecule has 4 heteroatoms. The Morgan fingerprint density at radius 1 is 1.16 bits per heavy atom. The van der Waals surface area contributed by atoms with E-state index < -0.39 is 0 Å². The Kier molecular flexibility index (Phi) is 3.45. The third kappa shape index (κ3) is 2.38. The highest BCUT2D eigenvalue weighted by Crippen LogP contribution is 2.29. The molecule has 92 valence electrons. The first-order valence-corrected chi connectivity index (χ1v) is 5.78. The van der Waals surface area contributed by atoms with Gasteiger partial charge in [0.1, 0.15) is 17.7 Å². The second-order valence-electron chi connectivity index (χ2n) is 4.17. The summed E-state index contributed by atoms with van der Waals surface area (Å²) in [7, 11) is 0. The highest BCUT2D eigenvalue weighted by molar-refractivity contribution is 5.64. The molecule has 1 aliphatic heterocycles. The van der Waals surface area contributed by atoms with Gasteiger partial charge < -0.3 is 4.90 Å². The number of rotatable bonds is 1. The molecule has 0 aromatic carbocycles. The average molecular weight is 248 g/mol. The summed E-state index contributed by atoms with van der Waals surface area (Å²) in [5, 5.41) is 17.8. The first-order chi connectivity index (χ1) is 9.17.